The molecule has 5 unspecified atom stereocenters. The number of amides is 2. The lowest BCUT2D eigenvalue weighted by atomic mass is 9.81. The van der Waals surface area contributed by atoms with E-state index in [0.29, 0.717) is 24.4 Å². The standard InChI is InChI=1S/C15H22N2O2.C12H15N3S/c18-14-12-9-4-5-10(7-9)13(12)15(19)17(14)8-11-3-1-2-6-16-11;1-14-6-8-15(9-7-14)12-10-4-2-3-5-11(10)16-13-12/h9-13,16H,1-8H2;2-5H,6-9H2,1H3. The van der Waals surface area contributed by atoms with Gasteiger partial charge >= 0.3 is 0 Å². The zero-order valence-corrected chi connectivity index (χ0v) is 21.5. The van der Waals surface area contributed by atoms with Gasteiger partial charge in [0.15, 0.2) is 0 Å². The number of anilines is 1. The number of rotatable bonds is 3. The number of likely N-dealkylation sites (tertiary alicyclic amines) is 1. The summed E-state index contributed by atoms with van der Waals surface area (Å²) in [6, 6.07) is 8.82. The van der Waals surface area contributed by atoms with Gasteiger partial charge in [-0.3, -0.25) is 14.5 Å². The van der Waals surface area contributed by atoms with Gasteiger partial charge in [0.05, 0.1) is 16.5 Å². The number of piperazine rings is 1. The van der Waals surface area contributed by atoms with Crippen LogP contribution in [0.4, 0.5) is 5.82 Å². The van der Waals surface area contributed by atoms with Crippen molar-refractivity contribution in [1.82, 2.24) is 19.5 Å². The van der Waals surface area contributed by atoms with Crippen LogP contribution in [0.25, 0.3) is 10.1 Å². The first kappa shape index (κ1) is 23.4. The molecule has 1 N–H and O–H groups in total. The number of likely N-dealkylation sites (N-methyl/N-ethyl adjacent to an activating group) is 1. The van der Waals surface area contributed by atoms with E-state index in [9.17, 15) is 9.59 Å². The van der Waals surface area contributed by atoms with Crippen LogP contribution < -0.4 is 10.2 Å². The van der Waals surface area contributed by atoms with Gasteiger partial charge in [-0.1, -0.05) is 18.6 Å². The summed E-state index contributed by atoms with van der Waals surface area (Å²) >= 11 is 1.60. The number of imide groups is 1. The fourth-order valence-corrected chi connectivity index (χ4v) is 7.87. The smallest absolute Gasteiger partial charge is 0.233 e. The Balaban J connectivity index is 0.000000133. The summed E-state index contributed by atoms with van der Waals surface area (Å²) in [5.41, 5.74) is 0. The Bertz CT molecular complexity index is 1050. The summed E-state index contributed by atoms with van der Waals surface area (Å²) in [6.07, 6.45) is 6.99. The van der Waals surface area contributed by atoms with Gasteiger partial charge in [-0.15, -0.1) is 0 Å². The van der Waals surface area contributed by atoms with Gasteiger partial charge in [-0.2, -0.15) is 4.37 Å². The van der Waals surface area contributed by atoms with Gasteiger partial charge in [-0.05, 0) is 81.2 Å². The highest BCUT2D eigenvalue weighted by atomic mass is 32.1. The first-order chi connectivity index (χ1) is 17.1. The predicted octanol–water partition coefficient (Wildman–Crippen LogP) is 3.21. The molecule has 5 atom stereocenters. The van der Waals surface area contributed by atoms with Crippen molar-refractivity contribution in [3.05, 3.63) is 24.3 Å². The average Bonchev–Trinajstić information content (AvgIpc) is 3.66. The van der Waals surface area contributed by atoms with Gasteiger partial charge in [0.1, 0.15) is 5.82 Å². The van der Waals surface area contributed by atoms with Crippen molar-refractivity contribution in [3.8, 4) is 0 Å². The summed E-state index contributed by atoms with van der Waals surface area (Å²) in [6.45, 7) is 6.08. The quantitative estimate of drug-likeness (QED) is 0.660. The lowest BCUT2D eigenvalue weighted by Gasteiger charge is -2.32. The molecule has 3 aliphatic heterocycles. The lowest BCUT2D eigenvalue weighted by Crippen LogP contribution is -2.46. The lowest BCUT2D eigenvalue weighted by molar-refractivity contribution is -0.141. The second kappa shape index (κ2) is 9.79. The van der Waals surface area contributed by atoms with Crippen molar-refractivity contribution in [2.75, 3.05) is 51.2 Å². The molecule has 2 saturated carbocycles. The fraction of sp³-hybridized carbons (Fsp3) is 0.667. The largest absolute Gasteiger partial charge is 0.353 e. The molecule has 7 rings (SSSR count). The number of hydrogen-bond donors (Lipinski definition) is 1. The van der Waals surface area contributed by atoms with Crippen LogP contribution in [-0.2, 0) is 9.59 Å². The molecule has 188 valence electrons. The summed E-state index contributed by atoms with van der Waals surface area (Å²) in [5.74, 6) is 2.59. The average molecular weight is 496 g/mol. The van der Waals surface area contributed by atoms with Crippen LogP contribution in [0.3, 0.4) is 0 Å². The molecule has 1 aromatic heterocycles. The molecule has 2 aromatic rings. The molecule has 2 bridgehead atoms. The number of benzene rings is 1. The Kier molecular flexibility index (Phi) is 6.54. The maximum atomic E-state index is 12.5. The molecule has 4 heterocycles. The Morgan fingerprint density at radius 2 is 1.69 bits per heavy atom. The number of piperidine rings is 1. The third-order valence-electron chi connectivity index (χ3n) is 9.00. The number of carbonyl (C=O) groups excluding carboxylic acids is 2. The second-order valence-electron chi connectivity index (χ2n) is 11.1. The minimum absolute atomic E-state index is 0.0508. The molecule has 2 amide bonds. The molecule has 1 aromatic carbocycles. The highest BCUT2D eigenvalue weighted by molar-refractivity contribution is 7.13. The molecule has 7 nitrogen and oxygen atoms in total. The van der Waals surface area contributed by atoms with Crippen molar-refractivity contribution < 1.29 is 9.59 Å². The van der Waals surface area contributed by atoms with Crippen LogP contribution in [0.5, 0.6) is 0 Å². The number of fused-ring (bicyclic) bond motifs is 6. The van der Waals surface area contributed by atoms with E-state index in [1.165, 1.54) is 41.6 Å². The Morgan fingerprint density at radius 1 is 0.971 bits per heavy atom. The third kappa shape index (κ3) is 4.38. The van der Waals surface area contributed by atoms with E-state index in [0.717, 1.165) is 45.6 Å². The van der Waals surface area contributed by atoms with Crippen LogP contribution in [-0.4, -0.2) is 78.3 Å². The van der Waals surface area contributed by atoms with E-state index in [2.05, 4.69) is 50.8 Å². The monoisotopic (exact) mass is 495 g/mol. The van der Waals surface area contributed by atoms with E-state index in [1.807, 2.05) is 0 Å². The first-order valence-electron chi connectivity index (χ1n) is 13.5. The van der Waals surface area contributed by atoms with Crippen molar-refractivity contribution in [2.24, 2.45) is 23.7 Å². The number of hydrogen-bond acceptors (Lipinski definition) is 7. The van der Waals surface area contributed by atoms with Crippen molar-refractivity contribution >= 4 is 39.3 Å². The Hall–Kier alpha value is -2.03. The number of aromatic nitrogens is 1. The fourth-order valence-electron chi connectivity index (χ4n) is 7.07. The Morgan fingerprint density at radius 3 is 2.37 bits per heavy atom. The Labute approximate surface area is 212 Å². The predicted molar refractivity (Wildman–Crippen MR) is 140 cm³/mol. The van der Waals surface area contributed by atoms with E-state index < -0.39 is 0 Å². The van der Waals surface area contributed by atoms with Crippen molar-refractivity contribution in [3.63, 3.8) is 0 Å². The van der Waals surface area contributed by atoms with Crippen LogP contribution in [0, 0.1) is 23.7 Å². The van der Waals surface area contributed by atoms with Crippen LogP contribution >= 0.6 is 11.5 Å². The molecule has 5 aliphatic rings. The topological polar surface area (TPSA) is 68.8 Å². The zero-order chi connectivity index (χ0) is 23.9. The third-order valence-corrected chi connectivity index (χ3v) is 9.81. The second-order valence-corrected chi connectivity index (χ2v) is 11.9. The molecule has 0 spiro atoms. The van der Waals surface area contributed by atoms with Gasteiger partial charge in [0.2, 0.25) is 11.8 Å². The summed E-state index contributed by atoms with van der Waals surface area (Å²) in [4.78, 5) is 31.4. The first-order valence-corrected chi connectivity index (χ1v) is 14.2. The van der Waals surface area contributed by atoms with Gasteiger partial charge in [-0.25, -0.2) is 0 Å². The molecule has 0 radical (unpaired) electrons. The summed E-state index contributed by atoms with van der Waals surface area (Å²) < 4.78 is 5.88. The van der Waals surface area contributed by atoms with Crippen molar-refractivity contribution in [2.45, 2.75) is 44.6 Å². The zero-order valence-electron chi connectivity index (χ0n) is 20.7. The summed E-state index contributed by atoms with van der Waals surface area (Å²) in [7, 11) is 2.18. The molecular weight excluding hydrogens is 458 g/mol. The number of carbonyl (C=O) groups is 2. The molecule has 5 fully saturated rings. The maximum Gasteiger partial charge on any atom is 0.233 e. The number of nitrogens with zero attached hydrogens (tertiary/aromatic N) is 4. The van der Waals surface area contributed by atoms with Crippen molar-refractivity contribution in [1.29, 1.82) is 0 Å². The van der Waals surface area contributed by atoms with Gasteiger partial charge < -0.3 is 15.1 Å². The number of nitrogens with one attached hydrogen (secondary N) is 1. The molecule has 2 aliphatic carbocycles. The van der Waals surface area contributed by atoms with Crippen LogP contribution in [0.2, 0.25) is 0 Å². The molecule has 8 heteroatoms. The minimum Gasteiger partial charge on any atom is -0.353 e. The SMILES string of the molecule is CN1CCN(c2nsc3ccccc23)CC1.O=C1C2C3CCC(C3)C2C(=O)N1CC1CCCCN1. The minimum atomic E-state index is 0.0508. The van der Waals surface area contributed by atoms with E-state index in [4.69, 9.17) is 0 Å². The molecule has 35 heavy (non-hydrogen) atoms. The van der Waals surface area contributed by atoms with Gasteiger partial charge in [0, 0.05) is 44.2 Å². The maximum absolute atomic E-state index is 12.5. The highest BCUT2D eigenvalue weighted by Gasteiger charge is 2.60. The van der Waals surface area contributed by atoms with Crippen LogP contribution in [0.15, 0.2) is 24.3 Å². The van der Waals surface area contributed by atoms with E-state index in [-0.39, 0.29) is 23.7 Å². The molecule has 3 saturated heterocycles. The van der Waals surface area contributed by atoms with Gasteiger partial charge in [0.25, 0.3) is 0 Å². The van der Waals surface area contributed by atoms with E-state index >= 15 is 0 Å². The molecular formula is C27H37N5O2S. The van der Waals surface area contributed by atoms with E-state index in [1.54, 1.807) is 16.4 Å². The normalized spacial score (nSPS) is 32.8. The van der Waals surface area contributed by atoms with Crippen LogP contribution in [0.1, 0.15) is 38.5 Å². The highest BCUT2D eigenvalue weighted by Crippen LogP contribution is 2.56. The summed E-state index contributed by atoms with van der Waals surface area (Å²) in [5, 5.41) is 4.75.